The van der Waals surface area contributed by atoms with E-state index in [1.54, 1.807) is 50.9 Å². The monoisotopic (exact) mass is 412 g/mol. The van der Waals surface area contributed by atoms with Crippen LogP contribution in [0, 0.1) is 0 Å². The van der Waals surface area contributed by atoms with Crippen LogP contribution in [-0.4, -0.2) is 38.8 Å². The number of aryl methyl sites for hydroxylation is 1. The molecular weight excluding hydrogens is 388 g/mol. The van der Waals surface area contributed by atoms with Crippen molar-refractivity contribution in [2.75, 3.05) is 27.9 Å². The summed E-state index contributed by atoms with van der Waals surface area (Å²) in [5.41, 5.74) is 1.81. The number of carbonyl (C=O) groups is 1. The number of carbonyl (C=O) groups excluding carboxylic acids is 1. The Morgan fingerprint density at radius 2 is 1.83 bits per heavy atom. The minimum absolute atomic E-state index is 0.150. The van der Waals surface area contributed by atoms with Crippen molar-refractivity contribution in [3.05, 3.63) is 53.0 Å². The fourth-order valence-corrected chi connectivity index (χ4v) is 3.92. The van der Waals surface area contributed by atoms with Crippen LogP contribution in [0.4, 0.5) is 0 Å². The topological polar surface area (TPSA) is 69.7 Å². The van der Waals surface area contributed by atoms with Crippen molar-refractivity contribution in [1.82, 2.24) is 10.3 Å². The first-order chi connectivity index (χ1) is 14.1. The molecule has 0 unspecified atom stereocenters. The fourth-order valence-electron chi connectivity index (χ4n) is 2.91. The lowest BCUT2D eigenvalue weighted by Crippen LogP contribution is -2.22. The molecule has 0 fully saturated rings. The van der Waals surface area contributed by atoms with E-state index in [1.165, 1.54) is 10.8 Å². The Morgan fingerprint density at radius 3 is 2.48 bits per heavy atom. The van der Waals surface area contributed by atoms with Gasteiger partial charge in [0.05, 0.1) is 36.6 Å². The minimum Gasteiger partial charge on any atom is -0.493 e. The molecule has 152 valence electrons. The first-order valence-electron chi connectivity index (χ1n) is 9.25. The van der Waals surface area contributed by atoms with E-state index in [4.69, 9.17) is 14.2 Å². The van der Waals surface area contributed by atoms with Crippen LogP contribution in [0.1, 0.15) is 17.0 Å². The summed E-state index contributed by atoms with van der Waals surface area (Å²) in [6, 6.07) is 11.7. The van der Waals surface area contributed by atoms with Gasteiger partial charge in [-0.15, -0.1) is 11.3 Å². The molecule has 0 aliphatic carbocycles. The molecule has 1 amide bonds. The average Bonchev–Trinajstić information content (AvgIpc) is 3.17. The standard InChI is InChI=1S/C22H24N2O4S/c1-26-17-13-15(14-18(27-2)22(17)28-3)10-11-20(25)23-12-6-9-21-24-16-7-4-5-8-19(16)29-21/h4-5,7-8,10-11,13-14H,6,9,12H2,1-3H3,(H,23,25). The maximum Gasteiger partial charge on any atom is 0.243 e. The lowest BCUT2D eigenvalue weighted by molar-refractivity contribution is -0.116. The van der Waals surface area contributed by atoms with Crippen LogP contribution < -0.4 is 19.5 Å². The van der Waals surface area contributed by atoms with E-state index in [0.29, 0.717) is 23.8 Å². The van der Waals surface area contributed by atoms with Crippen molar-refractivity contribution in [2.24, 2.45) is 0 Å². The lowest BCUT2D eigenvalue weighted by Gasteiger charge is -2.12. The summed E-state index contributed by atoms with van der Waals surface area (Å²) in [5, 5.41) is 3.99. The molecule has 1 aromatic heterocycles. The third-order valence-corrected chi connectivity index (χ3v) is 5.42. The highest BCUT2D eigenvalue weighted by Gasteiger charge is 2.12. The molecule has 0 saturated carbocycles. The second-order valence-corrected chi connectivity index (χ2v) is 7.38. The van der Waals surface area contributed by atoms with Gasteiger partial charge in [0.25, 0.3) is 0 Å². The SMILES string of the molecule is COc1cc(C=CC(=O)NCCCc2nc3ccccc3s2)cc(OC)c1OC. The van der Waals surface area contributed by atoms with Gasteiger partial charge >= 0.3 is 0 Å². The number of hydrogen-bond acceptors (Lipinski definition) is 6. The van der Waals surface area contributed by atoms with Crippen LogP contribution in [-0.2, 0) is 11.2 Å². The van der Waals surface area contributed by atoms with Gasteiger partial charge in [0.1, 0.15) is 0 Å². The zero-order chi connectivity index (χ0) is 20.6. The van der Waals surface area contributed by atoms with Gasteiger partial charge in [-0.25, -0.2) is 4.98 Å². The molecule has 3 rings (SSSR count). The summed E-state index contributed by atoms with van der Waals surface area (Å²) in [6.07, 6.45) is 4.89. The van der Waals surface area contributed by atoms with Gasteiger partial charge in [0.15, 0.2) is 11.5 Å². The Kier molecular flexibility index (Phi) is 7.08. The number of ether oxygens (including phenoxy) is 3. The Balaban J connectivity index is 1.51. The normalized spacial score (nSPS) is 11.0. The van der Waals surface area contributed by atoms with E-state index in [0.717, 1.165) is 28.9 Å². The molecule has 7 heteroatoms. The van der Waals surface area contributed by atoms with E-state index >= 15 is 0 Å². The summed E-state index contributed by atoms with van der Waals surface area (Å²) in [6.45, 7) is 0.592. The summed E-state index contributed by atoms with van der Waals surface area (Å²) < 4.78 is 17.1. The molecular formula is C22H24N2O4S. The third kappa shape index (κ3) is 5.26. The Bertz CT molecular complexity index is 955. The van der Waals surface area contributed by atoms with Gasteiger partial charge in [0.2, 0.25) is 11.7 Å². The molecule has 0 radical (unpaired) electrons. The average molecular weight is 413 g/mol. The van der Waals surface area contributed by atoms with Crippen molar-refractivity contribution < 1.29 is 19.0 Å². The van der Waals surface area contributed by atoms with Crippen molar-refractivity contribution in [2.45, 2.75) is 12.8 Å². The number of para-hydroxylation sites is 1. The van der Waals surface area contributed by atoms with E-state index in [-0.39, 0.29) is 5.91 Å². The summed E-state index contributed by atoms with van der Waals surface area (Å²) in [7, 11) is 4.67. The smallest absolute Gasteiger partial charge is 0.243 e. The molecule has 0 spiro atoms. The highest BCUT2D eigenvalue weighted by atomic mass is 32.1. The van der Waals surface area contributed by atoms with E-state index in [2.05, 4.69) is 16.4 Å². The largest absolute Gasteiger partial charge is 0.493 e. The molecule has 0 atom stereocenters. The van der Waals surface area contributed by atoms with E-state index < -0.39 is 0 Å². The second-order valence-electron chi connectivity index (χ2n) is 6.26. The van der Waals surface area contributed by atoms with Crippen molar-refractivity contribution >= 4 is 33.5 Å². The maximum atomic E-state index is 12.1. The number of rotatable bonds is 9. The molecule has 3 aromatic rings. The van der Waals surface area contributed by atoms with Crippen LogP contribution in [0.2, 0.25) is 0 Å². The molecule has 1 heterocycles. The fraction of sp³-hybridized carbons (Fsp3) is 0.273. The van der Waals surface area contributed by atoms with Crippen molar-refractivity contribution in [1.29, 1.82) is 0 Å². The number of nitrogens with zero attached hydrogens (tertiary/aromatic N) is 1. The van der Waals surface area contributed by atoms with Gasteiger partial charge in [-0.1, -0.05) is 12.1 Å². The van der Waals surface area contributed by atoms with Crippen LogP contribution in [0.5, 0.6) is 17.2 Å². The van der Waals surface area contributed by atoms with E-state index in [1.807, 2.05) is 18.2 Å². The highest BCUT2D eigenvalue weighted by Crippen LogP contribution is 2.38. The molecule has 0 aliphatic rings. The number of aromatic nitrogens is 1. The van der Waals surface area contributed by atoms with Crippen LogP contribution >= 0.6 is 11.3 Å². The van der Waals surface area contributed by atoms with Crippen molar-refractivity contribution in [3.63, 3.8) is 0 Å². The summed E-state index contributed by atoms with van der Waals surface area (Å²) in [4.78, 5) is 16.7. The highest BCUT2D eigenvalue weighted by molar-refractivity contribution is 7.18. The molecule has 2 aromatic carbocycles. The number of nitrogens with one attached hydrogen (secondary N) is 1. The van der Waals surface area contributed by atoms with Crippen LogP contribution in [0.25, 0.3) is 16.3 Å². The number of fused-ring (bicyclic) bond motifs is 1. The lowest BCUT2D eigenvalue weighted by atomic mass is 10.1. The Morgan fingerprint density at radius 1 is 1.10 bits per heavy atom. The Labute approximate surface area is 174 Å². The number of thiazole rings is 1. The first kappa shape index (κ1) is 20.7. The van der Waals surface area contributed by atoms with Gasteiger partial charge in [0, 0.05) is 19.0 Å². The number of hydrogen-bond donors (Lipinski definition) is 1. The van der Waals surface area contributed by atoms with E-state index in [9.17, 15) is 4.79 Å². The Hall–Kier alpha value is -3.06. The van der Waals surface area contributed by atoms with Gasteiger partial charge < -0.3 is 19.5 Å². The first-order valence-corrected chi connectivity index (χ1v) is 10.1. The number of methoxy groups -OCH3 is 3. The number of benzene rings is 2. The third-order valence-electron chi connectivity index (χ3n) is 4.32. The predicted octanol–water partition coefficient (Wildman–Crippen LogP) is 4.08. The zero-order valence-electron chi connectivity index (χ0n) is 16.7. The minimum atomic E-state index is -0.150. The molecule has 0 aliphatic heterocycles. The van der Waals surface area contributed by atoms with Gasteiger partial charge in [-0.05, 0) is 42.3 Å². The molecule has 6 nitrogen and oxygen atoms in total. The molecule has 29 heavy (non-hydrogen) atoms. The van der Waals surface area contributed by atoms with Crippen molar-refractivity contribution in [3.8, 4) is 17.2 Å². The molecule has 0 bridgehead atoms. The zero-order valence-corrected chi connectivity index (χ0v) is 17.5. The molecule has 1 N–H and O–H groups in total. The van der Waals surface area contributed by atoms with Gasteiger partial charge in [-0.2, -0.15) is 0 Å². The summed E-state index contributed by atoms with van der Waals surface area (Å²) in [5.74, 6) is 1.46. The van der Waals surface area contributed by atoms with Crippen LogP contribution in [0.3, 0.4) is 0 Å². The predicted molar refractivity (Wildman–Crippen MR) is 116 cm³/mol. The van der Waals surface area contributed by atoms with Gasteiger partial charge in [-0.3, -0.25) is 4.79 Å². The number of amides is 1. The molecule has 0 saturated heterocycles. The summed E-state index contributed by atoms with van der Waals surface area (Å²) >= 11 is 1.70. The maximum absolute atomic E-state index is 12.1. The second kappa shape index (κ2) is 9.93. The quantitative estimate of drug-likeness (QED) is 0.424. The van der Waals surface area contributed by atoms with Crippen LogP contribution in [0.15, 0.2) is 42.5 Å².